The molecule has 1 aromatic carbocycles. The maximum absolute atomic E-state index is 13.2. The van der Waals surface area contributed by atoms with E-state index in [4.69, 9.17) is 0 Å². The Labute approximate surface area is 121 Å². The highest BCUT2D eigenvalue weighted by atomic mass is 19.1. The number of nitrogens with one attached hydrogen (secondary N) is 1. The molecule has 1 unspecified atom stereocenters. The van der Waals surface area contributed by atoms with Gasteiger partial charge in [-0.25, -0.2) is 4.39 Å². The highest BCUT2D eigenvalue weighted by molar-refractivity contribution is 6.07. The first-order valence-corrected chi connectivity index (χ1v) is 6.94. The fourth-order valence-electron chi connectivity index (χ4n) is 2.66. The number of carbonyl (C=O) groups excluding carboxylic acids is 3. The van der Waals surface area contributed by atoms with Gasteiger partial charge in [-0.3, -0.25) is 19.7 Å². The van der Waals surface area contributed by atoms with Gasteiger partial charge in [-0.2, -0.15) is 0 Å². The van der Waals surface area contributed by atoms with E-state index in [2.05, 4.69) is 5.32 Å². The van der Waals surface area contributed by atoms with Gasteiger partial charge in [0.05, 0.1) is 12.8 Å². The predicted octanol–water partition coefficient (Wildman–Crippen LogP) is 0.774. The Balaban J connectivity index is 1.76. The third kappa shape index (κ3) is 2.94. The van der Waals surface area contributed by atoms with Crippen LogP contribution in [0.5, 0.6) is 0 Å². The van der Waals surface area contributed by atoms with Crippen molar-refractivity contribution in [3.05, 3.63) is 35.6 Å². The summed E-state index contributed by atoms with van der Waals surface area (Å²) in [6.45, 7) is 0. The van der Waals surface area contributed by atoms with Gasteiger partial charge in [0.15, 0.2) is 0 Å². The van der Waals surface area contributed by atoms with E-state index in [1.165, 1.54) is 17.0 Å². The van der Waals surface area contributed by atoms with Crippen LogP contribution in [0.2, 0.25) is 0 Å². The Morgan fingerprint density at radius 3 is 2.67 bits per heavy atom. The first-order chi connectivity index (χ1) is 10.0. The Kier molecular flexibility index (Phi) is 3.45. The summed E-state index contributed by atoms with van der Waals surface area (Å²) in [5.41, 5.74) is 0.565. The zero-order chi connectivity index (χ0) is 15.0. The topological polar surface area (TPSA) is 66.5 Å². The molecule has 0 radical (unpaired) electrons. The van der Waals surface area contributed by atoms with Gasteiger partial charge in [0.1, 0.15) is 11.9 Å². The van der Waals surface area contributed by atoms with Gasteiger partial charge in [0.25, 0.3) is 0 Å². The molecule has 1 aliphatic carbocycles. The minimum absolute atomic E-state index is 0.0181. The first kappa shape index (κ1) is 13.7. The summed E-state index contributed by atoms with van der Waals surface area (Å²) in [5.74, 6) is -1.40. The summed E-state index contributed by atoms with van der Waals surface area (Å²) < 4.78 is 13.2. The normalized spacial score (nSPS) is 21.3. The molecular formula is C15H15FN2O3. The second-order valence-electron chi connectivity index (χ2n) is 5.47. The summed E-state index contributed by atoms with van der Waals surface area (Å²) in [6.07, 6.45) is 1.73. The monoisotopic (exact) mass is 290 g/mol. The first-order valence-electron chi connectivity index (χ1n) is 6.94. The van der Waals surface area contributed by atoms with Crippen molar-refractivity contribution in [2.75, 3.05) is 0 Å². The largest absolute Gasteiger partial charge is 0.327 e. The van der Waals surface area contributed by atoms with E-state index in [1.54, 1.807) is 12.1 Å². The van der Waals surface area contributed by atoms with E-state index in [9.17, 15) is 18.8 Å². The molecule has 1 aromatic rings. The van der Waals surface area contributed by atoms with Gasteiger partial charge in [-0.05, 0) is 30.5 Å². The van der Waals surface area contributed by atoms with Gasteiger partial charge in [0, 0.05) is 6.04 Å². The molecule has 1 heterocycles. The third-order valence-electron chi connectivity index (χ3n) is 3.75. The predicted molar refractivity (Wildman–Crippen MR) is 71.5 cm³/mol. The maximum atomic E-state index is 13.2. The molecule has 1 aliphatic heterocycles. The fourth-order valence-corrected chi connectivity index (χ4v) is 2.66. The molecular weight excluding hydrogens is 275 g/mol. The second-order valence-corrected chi connectivity index (χ2v) is 5.47. The van der Waals surface area contributed by atoms with E-state index in [1.807, 2.05) is 0 Å². The van der Waals surface area contributed by atoms with Crippen LogP contribution in [0.4, 0.5) is 4.39 Å². The molecule has 1 atom stereocenters. The Bertz CT molecular complexity index is 613. The lowest BCUT2D eigenvalue weighted by Gasteiger charge is -2.26. The van der Waals surface area contributed by atoms with Crippen molar-refractivity contribution in [2.24, 2.45) is 0 Å². The van der Waals surface area contributed by atoms with Crippen LogP contribution in [0, 0.1) is 5.82 Å². The molecule has 110 valence electrons. The van der Waals surface area contributed by atoms with E-state index < -0.39 is 17.8 Å². The van der Waals surface area contributed by atoms with E-state index in [0.717, 1.165) is 12.8 Å². The van der Waals surface area contributed by atoms with Crippen LogP contribution >= 0.6 is 0 Å². The quantitative estimate of drug-likeness (QED) is 0.833. The number of carbonyl (C=O) groups is 3. The van der Waals surface area contributed by atoms with Crippen LogP contribution in [0.15, 0.2) is 24.3 Å². The number of imide groups is 1. The average Bonchev–Trinajstić information content (AvgIpc) is 3.16. The average molecular weight is 290 g/mol. The number of amides is 3. The van der Waals surface area contributed by atoms with Gasteiger partial charge < -0.3 is 4.90 Å². The molecule has 21 heavy (non-hydrogen) atoms. The highest BCUT2D eigenvalue weighted by Gasteiger charge is 2.44. The Hall–Kier alpha value is -2.24. The summed E-state index contributed by atoms with van der Waals surface area (Å²) in [5, 5.41) is 2.23. The number of nitrogens with zero attached hydrogens (tertiary/aromatic N) is 1. The van der Waals surface area contributed by atoms with Crippen molar-refractivity contribution in [3.8, 4) is 0 Å². The van der Waals surface area contributed by atoms with Crippen LogP contribution in [0.25, 0.3) is 0 Å². The van der Waals surface area contributed by atoms with Crippen LogP contribution in [-0.2, 0) is 20.8 Å². The molecule has 0 aromatic heterocycles. The van der Waals surface area contributed by atoms with Crippen LogP contribution in [-0.4, -0.2) is 34.7 Å². The zero-order valence-corrected chi connectivity index (χ0v) is 11.3. The van der Waals surface area contributed by atoms with Crippen molar-refractivity contribution in [1.29, 1.82) is 0 Å². The molecule has 1 N–H and O–H groups in total. The lowest BCUT2D eigenvalue weighted by Crippen LogP contribution is -2.46. The third-order valence-corrected chi connectivity index (χ3v) is 3.75. The molecule has 1 saturated heterocycles. The number of rotatable bonds is 4. The van der Waals surface area contributed by atoms with Crippen molar-refractivity contribution in [1.82, 2.24) is 10.2 Å². The summed E-state index contributed by atoms with van der Waals surface area (Å²) in [4.78, 5) is 37.1. The minimum atomic E-state index is -0.717. The van der Waals surface area contributed by atoms with Crippen molar-refractivity contribution in [2.45, 2.75) is 37.8 Å². The Morgan fingerprint density at radius 2 is 2.10 bits per heavy atom. The fraction of sp³-hybridized carbons (Fsp3) is 0.400. The smallest absolute Gasteiger partial charge is 0.249 e. The van der Waals surface area contributed by atoms with Gasteiger partial charge in [-0.15, -0.1) is 0 Å². The number of hydrogen-bond donors (Lipinski definition) is 1. The van der Waals surface area contributed by atoms with E-state index in [-0.39, 0.29) is 30.7 Å². The zero-order valence-electron chi connectivity index (χ0n) is 11.3. The molecule has 0 bridgehead atoms. The molecule has 1 saturated carbocycles. The van der Waals surface area contributed by atoms with Crippen LogP contribution < -0.4 is 5.32 Å². The summed E-state index contributed by atoms with van der Waals surface area (Å²) in [6, 6.07) is 5.15. The lowest BCUT2D eigenvalue weighted by atomic mass is 10.1. The molecule has 2 fully saturated rings. The molecule has 6 heteroatoms. The maximum Gasteiger partial charge on any atom is 0.249 e. The highest BCUT2D eigenvalue weighted by Crippen LogP contribution is 2.31. The molecule has 3 amide bonds. The van der Waals surface area contributed by atoms with Gasteiger partial charge in [0.2, 0.25) is 17.7 Å². The molecule has 0 spiro atoms. The van der Waals surface area contributed by atoms with Crippen molar-refractivity contribution < 1.29 is 18.8 Å². The standard InChI is InChI=1S/C15H15FN2O3/c16-10-3-1-2-9(6-10)7-14(20)18(11-4-5-11)12-8-13(19)17-15(12)21/h1-3,6,11-12H,4-5,7-8H2,(H,17,19,21). The number of benzene rings is 1. The van der Waals surface area contributed by atoms with Crippen molar-refractivity contribution in [3.63, 3.8) is 0 Å². The summed E-state index contributed by atoms with van der Waals surface area (Å²) in [7, 11) is 0. The lowest BCUT2D eigenvalue weighted by molar-refractivity contribution is -0.139. The molecule has 5 nitrogen and oxygen atoms in total. The van der Waals surface area contributed by atoms with Crippen molar-refractivity contribution >= 4 is 17.7 Å². The number of halogens is 1. The molecule has 3 rings (SSSR count). The van der Waals surface area contributed by atoms with Crippen LogP contribution in [0.1, 0.15) is 24.8 Å². The van der Waals surface area contributed by atoms with E-state index in [0.29, 0.717) is 5.56 Å². The Morgan fingerprint density at radius 1 is 1.33 bits per heavy atom. The number of hydrogen-bond acceptors (Lipinski definition) is 3. The summed E-state index contributed by atoms with van der Waals surface area (Å²) >= 11 is 0. The minimum Gasteiger partial charge on any atom is -0.327 e. The van der Waals surface area contributed by atoms with Crippen LogP contribution in [0.3, 0.4) is 0 Å². The van der Waals surface area contributed by atoms with Gasteiger partial charge >= 0.3 is 0 Å². The van der Waals surface area contributed by atoms with Gasteiger partial charge in [-0.1, -0.05) is 12.1 Å². The van der Waals surface area contributed by atoms with E-state index >= 15 is 0 Å². The SMILES string of the molecule is O=C1CC(N(C(=O)Cc2cccc(F)c2)C2CC2)C(=O)N1. The second kappa shape index (κ2) is 5.27. The molecule has 2 aliphatic rings.